The summed E-state index contributed by atoms with van der Waals surface area (Å²) in [4.78, 5) is 15.5. The number of aromatic nitrogens is 2. The van der Waals surface area contributed by atoms with Crippen molar-refractivity contribution in [3.63, 3.8) is 0 Å². The molecule has 0 radical (unpaired) electrons. The summed E-state index contributed by atoms with van der Waals surface area (Å²) in [5, 5.41) is 7.11. The van der Waals surface area contributed by atoms with E-state index in [0.29, 0.717) is 17.6 Å². The first-order valence-corrected chi connectivity index (χ1v) is 6.83. The number of hydrogen-bond acceptors (Lipinski definition) is 4. The van der Waals surface area contributed by atoms with Gasteiger partial charge in [0.05, 0.1) is 6.42 Å². The number of amides is 1. The van der Waals surface area contributed by atoms with Gasteiger partial charge in [0.25, 0.3) is 0 Å². The van der Waals surface area contributed by atoms with Crippen LogP contribution in [0.5, 0.6) is 0 Å². The Hall–Kier alpha value is -1.88. The fourth-order valence-electron chi connectivity index (χ4n) is 2.30. The molecule has 2 aromatic rings. The van der Waals surface area contributed by atoms with Crippen molar-refractivity contribution in [1.82, 2.24) is 15.5 Å². The lowest BCUT2D eigenvalue weighted by molar-refractivity contribution is -0.120. The van der Waals surface area contributed by atoms with E-state index < -0.39 is 0 Å². The van der Waals surface area contributed by atoms with Crippen LogP contribution in [0, 0.1) is 0 Å². The van der Waals surface area contributed by atoms with E-state index in [1.807, 2.05) is 18.2 Å². The standard InChI is InChI=1S/C14H14ClN3O2/c1-16-13(19)7-12-17-14(20-18-12)11-6-10(11)8-3-2-4-9(15)5-8/h2-5,10-11H,6-7H2,1H3,(H,16,19)/t10-,11-/m1/s1. The second kappa shape index (κ2) is 5.25. The molecule has 20 heavy (non-hydrogen) atoms. The summed E-state index contributed by atoms with van der Waals surface area (Å²) >= 11 is 5.99. The van der Waals surface area contributed by atoms with Crippen molar-refractivity contribution in [3.8, 4) is 0 Å². The summed E-state index contributed by atoms with van der Waals surface area (Å²) < 4.78 is 5.24. The van der Waals surface area contributed by atoms with Crippen LogP contribution in [0.2, 0.25) is 5.02 Å². The van der Waals surface area contributed by atoms with Crippen LogP contribution in [-0.4, -0.2) is 23.1 Å². The van der Waals surface area contributed by atoms with Gasteiger partial charge in [0.2, 0.25) is 11.8 Å². The number of carbonyl (C=O) groups is 1. The third-order valence-corrected chi connectivity index (χ3v) is 3.70. The van der Waals surface area contributed by atoms with E-state index in [4.69, 9.17) is 16.1 Å². The molecule has 0 aliphatic heterocycles. The van der Waals surface area contributed by atoms with Gasteiger partial charge in [-0.25, -0.2) is 0 Å². The first kappa shape index (κ1) is 13.1. The second-order valence-electron chi connectivity index (χ2n) is 4.90. The van der Waals surface area contributed by atoms with E-state index in [0.717, 1.165) is 11.4 Å². The average Bonchev–Trinajstić information content (AvgIpc) is 3.12. The molecule has 3 rings (SSSR count). The summed E-state index contributed by atoms with van der Waals surface area (Å²) in [7, 11) is 1.58. The Morgan fingerprint density at radius 1 is 1.50 bits per heavy atom. The number of halogens is 1. The maximum atomic E-state index is 11.3. The summed E-state index contributed by atoms with van der Waals surface area (Å²) in [5.41, 5.74) is 1.19. The van der Waals surface area contributed by atoms with E-state index in [-0.39, 0.29) is 18.2 Å². The number of carbonyl (C=O) groups excluding carboxylic acids is 1. The summed E-state index contributed by atoms with van der Waals surface area (Å²) in [6, 6.07) is 7.82. The molecule has 1 heterocycles. The van der Waals surface area contributed by atoms with Crippen molar-refractivity contribution in [3.05, 3.63) is 46.6 Å². The van der Waals surface area contributed by atoms with Crippen molar-refractivity contribution in [2.45, 2.75) is 24.7 Å². The molecular weight excluding hydrogens is 278 g/mol. The second-order valence-corrected chi connectivity index (χ2v) is 5.34. The molecule has 104 valence electrons. The largest absolute Gasteiger partial charge is 0.359 e. The SMILES string of the molecule is CNC(=O)Cc1noc([C@@H]2C[C@@H]2c2cccc(Cl)c2)n1. The summed E-state index contributed by atoms with van der Waals surface area (Å²) in [6.45, 7) is 0. The van der Waals surface area contributed by atoms with Gasteiger partial charge in [0.1, 0.15) is 0 Å². The highest BCUT2D eigenvalue weighted by molar-refractivity contribution is 6.30. The van der Waals surface area contributed by atoms with Crippen LogP contribution in [0.1, 0.15) is 35.5 Å². The third kappa shape index (κ3) is 2.67. The maximum Gasteiger partial charge on any atom is 0.230 e. The molecule has 0 unspecified atom stereocenters. The van der Waals surface area contributed by atoms with Gasteiger partial charge in [-0.05, 0) is 30.0 Å². The maximum absolute atomic E-state index is 11.3. The van der Waals surface area contributed by atoms with Crippen molar-refractivity contribution in [2.75, 3.05) is 7.05 Å². The van der Waals surface area contributed by atoms with Gasteiger partial charge < -0.3 is 9.84 Å². The molecule has 0 spiro atoms. The van der Waals surface area contributed by atoms with Crippen molar-refractivity contribution < 1.29 is 9.32 Å². The molecule has 5 nitrogen and oxygen atoms in total. The van der Waals surface area contributed by atoms with E-state index in [9.17, 15) is 4.79 Å². The van der Waals surface area contributed by atoms with Crippen LogP contribution in [0.3, 0.4) is 0 Å². The van der Waals surface area contributed by atoms with Crippen molar-refractivity contribution in [1.29, 1.82) is 0 Å². The van der Waals surface area contributed by atoms with Crippen LogP contribution in [0.15, 0.2) is 28.8 Å². The van der Waals surface area contributed by atoms with Gasteiger partial charge in [0.15, 0.2) is 5.82 Å². The molecule has 1 aromatic heterocycles. The Bertz CT molecular complexity index is 641. The van der Waals surface area contributed by atoms with Crippen LogP contribution in [-0.2, 0) is 11.2 Å². The highest BCUT2D eigenvalue weighted by atomic mass is 35.5. The molecule has 6 heteroatoms. The Morgan fingerprint density at radius 3 is 3.10 bits per heavy atom. The first-order valence-electron chi connectivity index (χ1n) is 6.46. The molecule has 1 aliphatic rings. The lowest BCUT2D eigenvalue weighted by Gasteiger charge is -1.98. The molecule has 2 atom stereocenters. The van der Waals surface area contributed by atoms with E-state index in [1.54, 1.807) is 7.05 Å². The van der Waals surface area contributed by atoms with Crippen LogP contribution in [0.4, 0.5) is 0 Å². The predicted octanol–water partition coefficient (Wildman–Crippen LogP) is 2.28. The predicted molar refractivity (Wildman–Crippen MR) is 73.6 cm³/mol. The number of rotatable bonds is 4. The van der Waals surface area contributed by atoms with Crippen LogP contribution in [0.25, 0.3) is 0 Å². The highest BCUT2D eigenvalue weighted by Gasteiger charge is 2.43. The minimum atomic E-state index is -0.125. The minimum absolute atomic E-state index is 0.125. The first-order chi connectivity index (χ1) is 9.67. The number of nitrogens with one attached hydrogen (secondary N) is 1. The fraction of sp³-hybridized carbons (Fsp3) is 0.357. The summed E-state index contributed by atoms with van der Waals surface area (Å²) in [5.74, 6) is 1.52. The van der Waals surface area contributed by atoms with Gasteiger partial charge in [0, 0.05) is 18.0 Å². The topological polar surface area (TPSA) is 68.0 Å². The minimum Gasteiger partial charge on any atom is -0.359 e. The van der Waals surface area contributed by atoms with Crippen molar-refractivity contribution in [2.24, 2.45) is 0 Å². The number of nitrogens with zero attached hydrogens (tertiary/aromatic N) is 2. The van der Waals surface area contributed by atoms with E-state index in [2.05, 4.69) is 21.5 Å². The average molecular weight is 292 g/mol. The van der Waals surface area contributed by atoms with Gasteiger partial charge >= 0.3 is 0 Å². The van der Waals surface area contributed by atoms with Crippen molar-refractivity contribution >= 4 is 17.5 Å². The molecule has 1 saturated carbocycles. The lowest BCUT2D eigenvalue weighted by atomic mass is 10.1. The molecule has 0 saturated heterocycles. The number of benzene rings is 1. The third-order valence-electron chi connectivity index (χ3n) is 3.47. The summed E-state index contributed by atoms with van der Waals surface area (Å²) in [6.07, 6.45) is 1.12. The Kier molecular flexibility index (Phi) is 3.44. The monoisotopic (exact) mass is 291 g/mol. The molecule has 1 fully saturated rings. The molecule has 1 aromatic carbocycles. The van der Waals surface area contributed by atoms with Gasteiger partial charge in [-0.15, -0.1) is 0 Å². The molecular formula is C14H14ClN3O2. The van der Waals surface area contributed by atoms with Gasteiger partial charge in [-0.3, -0.25) is 4.79 Å². The normalized spacial score (nSPS) is 20.7. The van der Waals surface area contributed by atoms with Gasteiger partial charge in [-0.1, -0.05) is 28.9 Å². The quantitative estimate of drug-likeness (QED) is 0.938. The lowest BCUT2D eigenvalue weighted by Crippen LogP contribution is -2.20. The number of hydrogen-bond donors (Lipinski definition) is 1. The van der Waals surface area contributed by atoms with Crippen LogP contribution < -0.4 is 5.32 Å². The zero-order chi connectivity index (χ0) is 14.1. The zero-order valence-corrected chi connectivity index (χ0v) is 11.7. The fourth-order valence-corrected chi connectivity index (χ4v) is 2.49. The number of likely N-dealkylation sites (N-methyl/N-ethyl adjacent to an activating group) is 1. The highest BCUT2D eigenvalue weighted by Crippen LogP contribution is 2.54. The Morgan fingerprint density at radius 2 is 2.35 bits per heavy atom. The molecule has 1 amide bonds. The van der Waals surface area contributed by atoms with E-state index in [1.165, 1.54) is 5.56 Å². The molecule has 0 bridgehead atoms. The van der Waals surface area contributed by atoms with Gasteiger partial charge in [-0.2, -0.15) is 4.98 Å². The molecule has 1 N–H and O–H groups in total. The molecule has 1 aliphatic carbocycles. The Balaban J connectivity index is 1.69. The smallest absolute Gasteiger partial charge is 0.230 e. The Labute approximate surface area is 121 Å². The zero-order valence-electron chi connectivity index (χ0n) is 11.0. The van der Waals surface area contributed by atoms with E-state index >= 15 is 0 Å². The van der Waals surface area contributed by atoms with Crippen LogP contribution >= 0.6 is 11.6 Å².